The van der Waals surface area contributed by atoms with E-state index < -0.39 is 5.56 Å². The number of halogens is 1. The van der Waals surface area contributed by atoms with Crippen LogP contribution in [0.25, 0.3) is 0 Å². The summed E-state index contributed by atoms with van der Waals surface area (Å²) in [5.41, 5.74) is 4.79. The summed E-state index contributed by atoms with van der Waals surface area (Å²) in [6, 6.07) is 0. The van der Waals surface area contributed by atoms with Crippen LogP contribution in [0.4, 0.5) is 5.82 Å². The van der Waals surface area contributed by atoms with Gasteiger partial charge in [0.05, 0.1) is 5.56 Å². The molecule has 0 spiro atoms. The van der Waals surface area contributed by atoms with Crippen molar-refractivity contribution in [2.24, 2.45) is 0 Å². The van der Waals surface area contributed by atoms with Crippen LogP contribution in [0.5, 0.6) is 0 Å². The number of nitrogens with two attached hydrogens (primary N) is 1. The fourth-order valence-electron chi connectivity index (χ4n) is 0.611. The minimum absolute atomic E-state index is 0.0226. The van der Waals surface area contributed by atoms with Gasteiger partial charge in [0.1, 0.15) is 5.82 Å². The Balaban J connectivity index is 3.49. The topological polar surface area (TPSA) is 95.6 Å². The van der Waals surface area contributed by atoms with E-state index in [1.165, 1.54) is 0 Å². The van der Waals surface area contributed by atoms with E-state index in [1.807, 2.05) is 0 Å². The van der Waals surface area contributed by atoms with Gasteiger partial charge in [-0.3, -0.25) is 9.78 Å². The summed E-state index contributed by atoms with van der Waals surface area (Å²) in [6.07, 6.45) is 0.831. The number of hydrogen-bond donors (Lipinski definition) is 3. The fourth-order valence-corrected chi connectivity index (χ4v) is 0.788. The molecule has 1 aromatic rings. The molecule has 0 radical (unpaired) electrons. The predicted octanol–water partition coefficient (Wildman–Crippen LogP) is 0.00317. The summed E-state index contributed by atoms with van der Waals surface area (Å²) in [7, 11) is 0. The van der Waals surface area contributed by atoms with Crippen LogP contribution >= 0.6 is 11.6 Å². The van der Waals surface area contributed by atoms with Crippen LogP contribution in [0.1, 0.15) is 5.56 Å². The number of nitrogen functional groups attached to an aromatic ring is 1. The maximum Gasteiger partial charge on any atom is 0.262 e. The number of aromatic nitrogens is 2. The molecule has 0 saturated heterocycles. The van der Waals surface area contributed by atoms with E-state index in [0.29, 0.717) is 0 Å². The molecule has 58 valence electrons. The highest BCUT2D eigenvalue weighted by molar-refractivity contribution is 6.28. The minimum atomic E-state index is -0.502. The molecule has 6 heteroatoms. The molecule has 0 bridgehead atoms. The highest BCUT2D eigenvalue weighted by Gasteiger charge is 2.03. The Morgan fingerprint density at radius 3 is 2.82 bits per heavy atom. The summed E-state index contributed by atoms with van der Waals surface area (Å²) in [6.45, 7) is 0. The number of anilines is 1. The molecule has 0 aromatic carbocycles. The standard InChI is InChI=1S/C5H5ClN4O/c6-5-9-3(8)2(1-7)4(11)10-5/h1,7H,(H3,8,9,10,11). The molecule has 4 N–H and O–H groups in total. The second-order valence-corrected chi connectivity index (χ2v) is 2.16. The van der Waals surface area contributed by atoms with Crippen molar-refractivity contribution in [3.8, 4) is 0 Å². The number of nitrogens with one attached hydrogen (secondary N) is 2. The third-order valence-corrected chi connectivity index (χ3v) is 1.28. The van der Waals surface area contributed by atoms with Crippen molar-refractivity contribution < 1.29 is 0 Å². The Labute approximate surface area is 66.7 Å². The molecule has 0 saturated carbocycles. The maximum absolute atomic E-state index is 10.9. The van der Waals surface area contributed by atoms with Crippen molar-refractivity contribution >= 4 is 23.6 Å². The molecule has 0 aliphatic carbocycles. The largest absolute Gasteiger partial charge is 0.383 e. The zero-order chi connectivity index (χ0) is 8.43. The molecule has 0 unspecified atom stereocenters. The SMILES string of the molecule is N=Cc1c(N)nc(Cl)[nH]c1=O. The highest BCUT2D eigenvalue weighted by Crippen LogP contribution is 2.02. The van der Waals surface area contributed by atoms with Gasteiger partial charge < -0.3 is 11.1 Å². The van der Waals surface area contributed by atoms with Crippen molar-refractivity contribution in [3.05, 3.63) is 21.2 Å². The lowest BCUT2D eigenvalue weighted by Gasteiger charge is -1.95. The summed E-state index contributed by atoms with van der Waals surface area (Å²) < 4.78 is 0. The number of hydrogen-bond acceptors (Lipinski definition) is 4. The molecule has 1 aromatic heterocycles. The third-order valence-electron chi connectivity index (χ3n) is 1.10. The van der Waals surface area contributed by atoms with E-state index in [2.05, 4.69) is 9.97 Å². The monoisotopic (exact) mass is 172 g/mol. The van der Waals surface area contributed by atoms with Gasteiger partial charge in [0.25, 0.3) is 5.56 Å². The Bertz CT molecular complexity index is 345. The second kappa shape index (κ2) is 2.71. The molecule has 0 atom stereocenters. The number of aromatic amines is 1. The number of nitrogens with zero attached hydrogens (tertiary/aromatic N) is 1. The van der Waals surface area contributed by atoms with E-state index in [0.717, 1.165) is 6.21 Å². The lowest BCUT2D eigenvalue weighted by Crippen LogP contribution is -2.16. The van der Waals surface area contributed by atoms with Crippen LogP contribution in [-0.4, -0.2) is 16.2 Å². The molecule has 0 aliphatic heterocycles. The van der Waals surface area contributed by atoms with E-state index in [4.69, 9.17) is 22.7 Å². The smallest absolute Gasteiger partial charge is 0.262 e. The quantitative estimate of drug-likeness (QED) is 0.411. The third kappa shape index (κ3) is 1.38. The van der Waals surface area contributed by atoms with E-state index >= 15 is 0 Å². The molecule has 1 rings (SSSR count). The summed E-state index contributed by atoms with van der Waals surface area (Å²) in [4.78, 5) is 16.6. The van der Waals surface area contributed by atoms with Crippen LogP contribution in [0.2, 0.25) is 5.28 Å². The van der Waals surface area contributed by atoms with Crippen molar-refractivity contribution in [2.75, 3.05) is 5.73 Å². The molecule has 0 fully saturated rings. The zero-order valence-electron chi connectivity index (χ0n) is 5.39. The lowest BCUT2D eigenvalue weighted by molar-refractivity contribution is 1.12. The summed E-state index contributed by atoms with van der Waals surface area (Å²) in [5, 5.41) is 6.72. The lowest BCUT2D eigenvalue weighted by atomic mass is 10.3. The molecule has 1 heterocycles. The van der Waals surface area contributed by atoms with Crippen molar-refractivity contribution in [3.63, 3.8) is 0 Å². The number of H-pyrrole nitrogens is 1. The normalized spacial score (nSPS) is 9.55. The van der Waals surface area contributed by atoms with Gasteiger partial charge in [0, 0.05) is 6.21 Å². The molecule has 0 amide bonds. The van der Waals surface area contributed by atoms with Crippen LogP contribution in [-0.2, 0) is 0 Å². The molecule has 0 aliphatic rings. The van der Waals surface area contributed by atoms with Gasteiger partial charge in [-0.05, 0) is 11.6 Å². The highest BCUT2D eigenvalue weighted by atomic mass is 35.5. The van der Waals surface area contributed by atoms with E-state index in [9.17, 15) is 4.79 Å². The fraction of sp³-hybridized carbons (Fsp3) is 0. The van der Waals surface area contributed by atoms with Crippen LogP contribution in [0, 0.1) is 5.41 Å². The first-order valence-electron chi connectivity index (χ1n) is 2.71. The van der Waals surface area contributed by atoms with Crippen molar-refractivity contribution in [1.82, 2.24) is 9.97 Å². The van der Waals surface area contributed by atoms with Gasteiger partial charge >= 0.3 is 0 Å². The van der Waals surface area contributed by atoms with Crippen LogP contribution in [0.15, 0.2) is 4.79 Å². The average molecular weight is 173 g/mol. The molecular formula is C5H5ClN4O. The first kappa shape index (κ1) is 7.74. The zero-order valence-corrected chi connectivity index (χ0v) is 6.14. The summed E-state index contributed by atoms with van der Waals surface area (Å²) in [5.74, 6) is -0.0336. The minimum Gasteiger partial charge on any atom is -0.383 e. The van der Waals surface area contributed by atoms with E-state index in [1.54, 1.807) is 0 Å². The molecule has 5 nitrogen and oxygen atoms in total. The Kier molecular flexibility index (Phi) is 1.91. The summed E-state index contributed by atoms with van der Waals surface area (Å²) >= 11 is 5.36. The van der Waals surface area contributed by atoms with Crippen LogP contribution < -0.4 is 11.3 Å². The predicted molar refractivity (Wildman–Crippen MR) is 42.2 cm³/mol. The number of rotatable bonds is 1. The van der Waals surface area contributed by atoms with Gasteiger partial charge in [-0.25, -0.2) is 4.98 Å². The second-order valence-electron chi connectivity index (χ2n) is 1.80. The maximum atomic E-state index is 10.9. The van der Waals surface area contributed by atoms with Gasteiger partial charge in [0.15, 0.2) is 0 Å². The first-order valence-corrected chi connectivity index (χ1v) is 3.08. The van der Waals surface area contributed by atoms with Gasteiger partial charge in [-0.1, -0.05) is 0 Å². The van der Waals surface area contributed by atoms with E-state index in [-0.39, 0.29) is 16.7 Å². The Morgan fingerprint density at radius 2 is 2.36 bits per heavy atom. The average Bonchev–Trinajstić information content (AvgIpc) is 1.85. The van der Waals surface area contributed by atoms with Gasteiger partial charge in [0.2, 0.25) is 5.28 Å². The van der Waals surface area contributed by atoms with Crippen molar-refractivity contribution in [2.45, 2.75) is 0 Å². The Morgan fingerprint density at radius 1 is 1.73 bits per heavy atom. The van der Waals surface area contributed by atoms with Crippen LogP contribution in [0.3, 0.4) is 0 Å². The Hall–Kier alpha value is -1.36. The van der Waals surface area contributed by atoms with Gasteiger partial charge in [-0.2, -0.15) is 0 Å². The molecule has 11 heavy (non-hydrogen) atoms. The van der Waals surface area contributed by atoms with Gasteiger partial charge in [-0.15, -0.1) is 0 Å². The first-order chi connectivity index (χ1) is 5.15. The van der Waals surface area contributed by atoms with Crippen molar-refractivity contribution in [1.29, 1.82) is 5.41 Å². The molecular weight excluding hydrogens is 168 g/mol.